The number of aromatic nitrogens is 2. The summed E-state index contributed by atoms with van der Waals surface area (Å²) in [6.07, 6.45) is 3.61. The molecular formula is C26H31N5O4S. The second-order valence-electron chi connectivity index (χ2n) is 9.99. The van der Waals surface area contributed by atoms with Gasteiger partial charge in [-0.3, -0.25) is 9.48 Å². The van der Waals surface area contributed by atoms with Gasteiger partial charge in [-0.25, -0.2) is 8.42 Å². The van der Waals surface area contributed by atoms with E-state index in [1.165, 1.54) is 0 Å². The standard InChI is InChI=1S/C26H31N5O4S/c1-16(2)31-22-11-17(3)10-20(21(22)12-28-31)26(32)30-9-5-6-18(13-30)14-35-23-8-4-7-19-15-36(33,34)29-25(27)24(19)23/h4,7-8,10-12,16,18H,5-6,9,13-15H2,1-3H3,(H2,27,29)/t18-/m0/s1. The van der Waals surface area contributed by atoms with E-state index in [2.05, 4.69) is 29.4 Å². The SMILES string of the molecule is Cc1cc(C(=O)N2CCC[C@H](COc3cccc4c3C(N)=NS(=O)(=O)C4)C2)c2cnn(C(C)C)c2c1. The minimum absolute atomic E-state index is 0.00961. The predicted molar refractivity (Wildman–Crippen MR) is 139 cm³/mol. The molecular weight excluding hydrogens is 478 g/mol. The molecule has 2 aromatic carbocycles. The third-order valence-electron chi connectivity index (χ3n) is 6.80. The molecule has 1 atom stereocenters. The molecule has 0 spiro atoms. The molecule has 0 saturated carbocycles. The Morgan fingerprint density at radius 1 is 1.28 bits per heavy atom. The Bertz CT molecular complexity index is 1470. The summed E-state index contributed by atoms with van der Waals surface area (Å²) >= 11 is 0. The van der Waals surface area contributed by atoms with Crippen LogP contribution in [0.15, 0.2) is 40.9 Å². The van der Waals surface area contributed by atoms with E-state index < -0.39 is 10.0 Å². The van der Waals surface area contributed by atoms with Gasteiger partial charge in [-0.1, -0.05) is 12.1 Å². The fourth-order valence-electron chi connectivity index (χ4n) is 5.17. The van der Waals surface area contributed by atoms with Crippen LogP contribution in [0.4, 0.5) is 0 Å². The molecule has 1 fully saturated rings. The van der Waals surface area contributed by atoms with Crippen molar-refractivity contribution < 1.29 is 17.9 Å². The summed E-state index contributed by atoms with van der Waals surface area (Å²) in [7, 11) is -3.61. The maximum atomic E-state index is 13.6. The molecule has 2 N–H and O–H groups in total. The van der Waals surface area contributed by atoms with Crippen LogP contribution in [0.3, 0.4) is 0 Å². The molecule has 10 heteroatoms. The van der Waals surface area contributed by atoms with Crippen molar-refractivity contribution in [3.63, 3.8) is 0 Å². The summed E-state index contributed by atoms with van der Waals surface area (Å²) in [6.45, 7) is 7.83. The quantitative estimate of drug-likeness (QED) is 0.563. The van der Waals surface area contributed by atoms with Crippen molar-refractivity contribution >= 4 is 32.7 Å². The van der Waals surface area contributed by atoms with E-state index in [1.807, 2.05) is 22.6 Å². The number of carbonyl (C=O) groups excluding carboxylic acids is 1. The number of amides is 1. The molecule has 36 heavy (non-hydrogen) atoms. The van der Waals surface area contributed by atoms with Gasteiger partial charge in [0, 0.05) is 30.4 Å². The molecule has 1 saturated heterocycles. The van der Waals surface area contributed by atoms with Gasteiger partial charge in [0.15, 0.2) is 0 Å². The smallest absolute Gasteiger partial charge is 0.259 e. The van der Waals surface area contributed by atoms with Crippen molar-refractivity contribution in [2.24, 2.45) is 16.0 Å². The fraction of sp³-hybridized carbons (Fsp3) is 0.423. The zero-order chi connectivity index (χ0) is 25.6. The van der Waals surface area contributed by atoms with Crippen LogP contribution in [-0.4, -0.2) is 54.5 Å². The number of aryl methyl sites for hydroxylation is 1. The zero-order valence-electron chi connectivity index (χ0n) is 20.8. The topological polar surface area (TPSA) is 120 Å². The lowest BCUT2D eigenvalue weighted by molar-refractivity contribution is 0.0635. The van der Waals surface area contributed by atoms with Gasteiger partial charge in [0.1, 0.15) is 11.6 Å². The second kappa shape index (κ2) is 9.24. The van der Waals surface area contributed by atoms with Gasteiger partial charge in [-0.2, -0.15) is 5.10 Å². The third kappa shape index (κ3) is 4.57. The van der Waals surface area contributed by atoms with Crippen LogP contribution in [0, 0.1) is 12.8 Å². The van der Waals surface area contributed by atoms with Crippen LogP contribution in [0.1, 0.15) is 59.8 Å². The van der Waals surface area contributed by atoms with E-state index >= 15 is 0 Å². The van der Waals surface area contributed by atoms with E-state index in [-0.39, 0.29) is 29.5 Å². The maximum absolute atomic E-state index is 13.6. The zero-order valence-corrected chi connectivity index (χ0v) is 21.6. The van der Waals surface area contributed by atoms with Crippen LogP contribution < -0.4 is 10.5 Å². The molecule has 0 bridgehead atoms. The highest BCUT2D eigenvalue weighted by molar-refractivity contribution is 7.89. The van der Waals surface area contributed by atoms with Crippen molar-refractivity contribution in [2.75, 3.05) is 19.7 Å². The highest BCUT2D eigenvalue weighted by atomic mass is 32.2. The molecule has 2 aliphatic heterocycles. The lowest BCUT2D eigenvalue weighted by atomic mass is 9.97. The van der Waals surface area contributed by atoms with E-state index in [4.69, 9.17) is 10.5 Å². The number of rotatable bonds is 5. The van der Waals surface area contributed by atoms with E-state index in [1.54, 1.807) is 24.4 Å². The van der Waals surface area contributed by atoms with Gasteiger partial charge in [0.25, 0.3) is 15.9 Å². The number of ether oxygens (including phenoxy) is 1. The Morgan fingerprint density at radius 3 is 2.86 bits per heavy atom. The molecule has 1 aromatic heterocycles. The summed E-state index contributed by atoms with van der Waals surface area (Å²) < 4.78 is 35.6. The summed E-state index contributed by atoms with van der Waals surface area (Å²) in [5, 5.41) is 5.39. The molecule has 190 valence electrons. The van der Waals surface area contributed by atoms with Gasteiger partial charge in [0.2, 0.25) is 0 Å². The minimum Gasteiger partial charge on any atom is -0.492 e. The number of hydrogen-bond donors (Lipinski definition) is 1. The average molecular weight is 510 g/mol. The first-order valence-corrected chi connectivity index (χ1v) is 13.8. The Hall–Kier alpha value is -3.40. The lowest BCUT2D eigenvalue weighted by Crippen LogP contribution is -2.41. The summed E-state index contributed by atoms with van der Waals surface area (Å²) in [5.41, 5.74) is 9.78. The summed E-state index contributed by atoms with van der Waals surface area (Å²) in [4.78, 5) is 15.5. The van der Waals surface area contributed by atoms with Crippen LogP contribution >= 0.6 is 0 Å². The van der Waals surface area contributed by atoms with Crippen molar-refractivity contribution in [1.82, 2.24) is 14.7 Å². The van der Waals surface area contributed by atoms with Gasteiger partial charge < -0.3 is 15.4 Å². The van der Waals surface area contributed by atoms with Crippen LogP contribution in [0.2, 0.25) is 0 Å². The van der Waals surface area contributed by atoms with E-state index in [9.17, 15) is 13.2 Å². The first kappa shape index (κ1) is 24.3. The average Bonchev–Trinajstić information content (AvgIpc) is 3.25. The van der Waals surface area contributed by atoms with Crippen LogP contribution in [0.5, 0.6) is 5.75 Å². The highest BCUT2D eigenvalue weighted by Gasteiger charge is 2.29. The predicted octanol–water partition coefficient (Wildman–Crippen LogP) is 3.41. The Morgan fingerprint density at radius 2 is 2.08 bits per heavy atom. The Labute approximate surface area is 211 Å². The molecule has 3 heterocycles. The molecule has 2 aliphatic rings. The lowest BCUT2D eigenvalue weighted by Gasteiger charge is -2.33. The molecule has 0 radical (unpaired) electrons. The normalized spacial score (nSPS) is 19.3. The fourth-order valence-corrected chi connectivity index (χ4v) is 6.26. The number of nitrogens with two attached hydrogens (primary N) is 1. The number of benzene rings is 2. The van der Waals surface area contributed by atoms with Gasteiger partial charge in [0.05, 0.1) is 35.2 Å². The first-order chi connectivity index (χ1) is 17.1. The number of likely N-dealkylation sites (tertiary alicyclic amines) is 1. The maximum Gasteiger partial charge on any atom is 0.259 e. The summed E-state index contributed by atoms with van der Waals surface area (Å²) in [6, 6.07) is 9.49. The molecule has 1 amide bonds. The van der Waals surface area contributed by atoms with Gasteiger partial charge >= 0.3 is 0 Å². The molecule has 9 nitrogen and oxygen atoms in total. The first-order valence-electron chi connectivity index (χ1n) is 12.2. The third-order valence-corrected chi connectivity index (χ3v) is 7.96. The van der Waals surface area contributed by atoms with Crippen LogP contribution in [0.25, 0.3) is 10.9 Å². The number of fused-ring (bicyclic) bond motifs is 2. The van der Waals surface area contributed by atoms with Crippen molar-refractivity contribution in [2.45, 2.75) is 45.4 Å². The van der Waals surface area contributed by atoms with E-state index in [0.29, 0.717) is 42.1 Å². The number of sulfonamides is 1. The molecule has 0 unspecified atom stereocenters. The highest BCUT2D eigenvalue weighted by Crippen LogP contribution is 2.30. The molecule has 0 aliphatic carbocycles. The largest absolute Gasteiger partial charge is 0.492 e. The van der Waals surface area contributed by atoms with Crippen molar-refractivity contribution in [3.8, 4) is 5.75 Å². The second-order valence-corrected chi connectivity index (χ2v) is 11.6. The van der Waals surface area contributed by atoms with Crippen LogP contribution in [-0.2, 0) is 15.8 Å². The van der Waals surface area contributed by atoms with Gasteiger partial charge in [-0.05, 0) is 62.9 Å². The number of piperidine rings is 1. The monoisotopic (exact) mass is 509 g/mol. The molecule has 3 aromatic rings. The molecule has 5 rings (SSSR count). The Kier molecular flexibility index (Phi) is 6.23. The van der Waals surface area contributed by atoms with Gasteiger partial charge in [-0.15, -0.1) is 4.40 Å². The number of nitrogens with zero attached hydrogens (tertiary/aromatic N) is 4. The van der Waals surface area contributed by atoms with Crippen molar-refractivity contribution in [1.29, 1.82) is 0 Å². The number of carbonyl (C=O) groups is 1. The number of hydrogen-bond acceptors (Lipinski definition) is 6. The summed E-state index contributed by atoms with van der Waals surface area (Å²) in [5.74, 6) is 0.439. The van der Waals surface area contributed by atoms with Crippen molar-refractivity contribution in [3.05, 3.63) is 58.8 Å². The minimum atomic E-state index is -3.61. The number of amidine groups is 1. The Balaban J connectivity index is 1.33. The van der Waals surface area contributed by atoms with E-state index in [0.717, 1.165) is 29.3 Å².